The molecule has 1 aliphatic carbocycles. The van der Waals surface area contributed by atoms with E-state index in [4.69, 9.17) is 4.74 Å². The molecular formula is C18H25F3N2O3. The van der Waals surface area contributed by atoms with Gasteiger partial charge in [-0.1, -0.05) is 25.7 Å². The highest BCUT2D eigenvalue weighted by Crippen LogP contribution is 2.37. The van der Waals surface area contributed by atoms with Crippen molar-refractivity contribution in [3.05, 3.63) is 23.8 Å². The molecule has 2 amide bonds. The molecule has 2 rings (SSSR count). The van der Waals surface area contributed by atoms with Crippen molar-refractivity contribution in [3.63, 3.8) is 0 Å². The minimum Gasteiger partial charge on any atom is -0.494 e. The fourth-order valence-corrected chi connectivity index (χ4v) is 3.10. The molecule has 0 heterocycles. The van der Waals surface area contributed by atoms with Gasteiger partial charge in [0.05, 0.1) is 23.5 Å². The van der Waals surface area contributed by atoms with Gasteiger partial charge in [0.25, 0.3) is 0 Å². The topological polar surface area (TPSA) is 70.6 Å². The maximum Gasteiger partial charge on any atom is 0.418 e. The van der Waals surface area contributed by atoms with Crippen LogP contribution in [0.25, 0.3) is 0 Å². The summed E-state index contributed by atoms with van der Waals surface area (Å²) >= 11 is 0. The number of carbonyl (C=O) groups is 1. The van der Waals surface area contributed by atoms with Crippen molar-refractivity contribution >= 4 is 11.7 Å². The number of carbonyl (C=O) groups excluding carboxylic acids is 1. The average molecular weight is 374 g/mol. The van der Waals surface area contributed by atoms with Gasteiger partial charge in [0.2, 0.25) is 0 Å². The maximum atomic E-state index is 13.2. The average Bonchev–Trinajstić information content (AvgIpc) is 2.79. The van der Waals surface area contributed by atoms with Crippen LogP contribution in [0.1, 0.15) is 51.0 Å². The van der Waals surface area contributed by atoms with Crippen LogP contribution in [0.4, 0.5) is 23.7 Å². The molecule has 0 aliphatic heterocycles. The van der Waals surface area contributed by atoms with E-state index >= 15 is 0 Å². The molecule has 26 heavy (non-hydrogen) atoms. The maximum absolute atomic E-state index is 13.2. The Bertz CT molecular complexity index is 612. The van der Waals surface area contributed by atoms with Crippen molar-refractivity contribution in [2.45, 2.75) is 57.2 Å². The number of amides is 2. The second kappa shape index (κ2) is 8.62. The second-order valence-corrected chi connectivity index (χ2v) is 6.58. The van der Waals surface area contributed by atoms with E-state index in [1.165, 1.54) is 6.07 Å². The number of ether oxygens (including phenoxy) is 1. The Morgan fingerprint density at radius 1 is 1.23 bits per heavy atom. The van der Waals surface area contributed by atoms with Crippen LogP contribution in [-0.2, 0) is 6.18 Å². The van der Waals surface area contributed by atoms with Crippen LogP contribution in [0, 0.1) is 0 Å². The van der Waals surface area contributed by atoms with Gasteiger partial charge in [0, 0.05) is 6.54 Å². The molecule has 1 aliphatic rings. The van der Waals surface area contributed by atoms with E-state index in [-0.39, 0.29) is 24.6 Å². The summed E-state index contributed by atoms with van der Waals surface area (Å²) in [6.07, 6.45) is 0.336. The van der Waals surface area contributed by atoms with Crippen LogP contribution >= 0.6 is 0 Å². The zero-order chi connectivity index (χ0) is 19.2. The van der Waals surface area contributed by atoms with Gasteiger partial charge < -0.3 is 20.5 Å². The number of urea groups is 1. The predicted octanol–water partition coefficient (Wildman–Crippen LogP) is 4.31. The van der Waals surface area contributed by atoms with Crippen LogP contribution in [-0.4, -0.2) is 29.9 Å². The van der Waals surface area contributed by atoms with Crippen LogP contribution in [0.3, 0.4) is 0 Å². The van der Waals surface area contributed by atoms with E-state index < -0.39 is 23.4 Å². The fraction of sp³-hybridized carbons (Fsp3) is 0.611. The van der Waals surface area contributed by atoms with E-state index in [2.05, 4.69) is 10.6 Å². The number of nitrogens with one attached hydrogen (secondary N) is 2. The third kappa shape index (κ3) is 5.79. The molecule has 1 aromatic rings. The lowest BCUT2D eigenvalue weighted by Crippen LogP contribution is -2.44. The molecule has 0 saturated heterocycles. The quantitative estimate of drug-likeness (QED) is 0.673. The number of halogens is 3. The monoisotopic (exact) mass is 374 g/mol. The summed E-state index contributed by atoms with van der Waals surface area (Å²) in [5.74, 6) is 0.0820. The molecule has 5 nitrogen and oxygen atoms in total. The van der Waals surface area contributed by atoms with Crippen LogP contribution in [0.15, 0.2) is 18.2 Å². The lowest BCUT2D eigenvalue weighted by molar-refractivity contribution is -0.137. The van der Waals surface area contributed by atoms with Crippen LogP contribution in [0.5, 0.6) is 5.75 Å². The van der Waals surface area contributed by atoms with Gasteiger partial charge in [-0.2, -0.15) is 13.2 Å². The number of hydrogen-bond acceptors (Lipinski definition) is 3. The first-order chi connectivity index (χ1) is 12.2. The fourth-order valence-electron chi connectivity index (χ4n) is 3.10. The highest BCUT2D eigenvalue weighted by molar-refractivity contribution is 5.90. The van der Waals surface area contributed by atoms with Gasteiger partial charge >= 0.3 is 12.2 Å². The molecular weight excluding hydrogens is 349 g/mol. The Morgan fingerprint density at radius 2 is 1.88 bits per heavy atom. The SMILES string of the molecule is CCOc1ccc(NC(=O)NCC2(O)CCCCCC2)c(C(F)(F)F)c1. The summed E-state index contributed by atoms with van der Waals surface area (Å²) < 4.78 is 44.8. The van der Waals surface area contributed by atoms with Gasteiger partial charge in [-0.25, -0.2) is 4.79 Å². The number of hydrogen-bond donors (Lipinski definition) is 3. The molecule has 1 saturated carbocycles. The van der Waals surface area contributed by atoms with Crippen molar-refractivity contribution in [2.24, 2.45) is 0 Å². The summed E-state index contributed by atoms with van der Waals surface area (Å²) in [5, 5.41) is 15.2. The van der Waals surface area contributed by atoms with Crippen molar-refractivity contribution < 1.29 is 27.8 Å². The summed E-state index contributed by atoms with van der Waals surface area (Å²) in [5.41, 5.74) is -2.34. The zero-order valence-corrected chi connectivity index (χ0v) is 14.8. The van der Waals surface area contributed by atoms with E-state index in [0.29, 0.717) is 12.8 Å². The normalized spacial score (nSPS) is 17.3. The van der Waals surface area contributed by atoms with Gasteiger partial charge in [0.15, 0.2) is 0 Å². The molecule has 0 bridgehead atoms. The predicted molar refractivity (Wildman–Crippen MR) is 92.3 cm³/mol. The van der Waals surface area contributed by atoms with E-state index in [1.807, 2.05) is 0 Å². The van der Waals surface area contributed by atoms with E-state index in [9.17, 15) is 23.1 Å². The van der Waals surface area contributed by atoms with E-state index in [0.717, 1.165) is 37.8 Å². The Morgan fingerprint density at radius 3 is 2.46 bits per heavy atom. The number of aliphatic hydroxyl groups is 1. The molecule has 0 radical (unpaired) electrons. The Labute approximate surface area is 150 Å². The van der Waals surface area contributed by atoms with Gasteiger partial charge in [-0.15, -0.1) is 0 Å². The molecule has 146 valence electrons. The summed E-state index contributed by atoms with van der Waals surface area (Å²) in [6, 6.07) is 2.61. The molecule has 0 atom stereocenters. The minimum absolute atomic E-state index is 0.0111. The molecule has 1 fully saturated rings. The van der Waals surface area contributed by atoms with Crippen molar-refractivity contribution in [1.82, 2.24) is 5.32 Å². The molecule has 0 aromatic heterocycles. The lowest BCUT2D eigenvalue weighted by atomic mass is 9.94. The first kappa shape index (κ1) is 20.4. The first-order valence-corrected chi connectivity index (χ1v) is 8.85. The molecule has 3 N–H and O–H groups in total. The second-order valence-electron chi connectivity index (χ2n) is 6.58. The first-order valence-electron chi connectivity index (χ1n) is 8.85. The van der Waals surface area contributed by atoms with Crippen LogP contribution < -0.4 is 15.4 Å². The van der Waals surface area contributed by atoms with Crippen molar-refractivity contribution in [3.8, 4) is 5.75 Å². The zero-order valence-electron chi connectivity index (χ0n) is 14.8. The third-order valence-corrected chi connectivity index (χ3v) is 4.47. The summed E-state index contributed by atoms with van der Waals surface area (Å²) in [6.45, 7) is 1.92. The smallest absolute Gasteiger partial charge is 0.418 e. The summed E-state index contributed by atoms with van der Waals surface area (Å²) in [4.78, 5) is 12.0. The van der Waals surface area contributed by atoms with Gasteiger partial charge in [0.1, 0.15) is 5.75 Å². The number of benzene rings is 1. The highest BCUT2D eigenvalue weighted by atomic mass is 19.4. The Hall–Kier alpha value is -1.96. The summed E-state index contributed by atoms with van der Waals surface area (Å²) in [7, 11) is 0. The van der Waals surface area contributed by atoms with Crippen molar-refractivity contribution in [1.29, 1.82) is 0 Å². The molecule has 1 aromatic carbocycles. The standard InChI is InChI=1S/C18H25F3N2O3/c1-2-26-13-7-8-15(14(11-13)18(19,20)21)23-16(24)22-12-17(25)9-5-3-4-6-10-17/h7-8,11,25H,2-6,9-10,12H2,1H3,(H2,22,23,24). The van der Waals surface area contributed by atoms with Crippen molar-refractivity contribution in [2.75, 3.05) is 18.5 Å². The van der Waals surface area contributed by atoms with Gasteiger partial charge in [-0.05, 0) is 38.0 Å². The molecule has 0 unspecified atom stereocenters. The van der Waals surface area contributed by atoms with Crippen LogP contribution in [0.2, 0.25) is 0 Å². The van der Waals surface area contributed by atoms with E-state index in [1.54, 1.807) is 6.92 Å². The third-order valence-electron chi connectivity index (χ3n) is 4.47. The molecule has 8 heteroatoms. The minimum atomic E-state index is -4.63. The largest absolute Gasteiger partial charge is 0.494 e. The lowest BCUT2D eigenvalue weighted by Gasteiger charge is -2.27. The molecule has 0 spiro atoms. The Kier molecular flexibility index (Phi) is 6.75. The Balaban J connectivity index is 2.03. The number of rotatable bonds is 5. The highest BCUT2D eigenvalue weighted by Gasteiger charge is 2.35. The van der Waals surface area contributed by atoms with Gasteiger partial charge in [-0.3, -0.25) is 0 Å². The number of alkyl halides is 3. The number of anilines is 1.